The number of halogens is 1. The molecule has 0 saturated heterocycles. The predicted octanol–water partition coefficient (Wildman–Crippen LogP) is 4.91. The highest BCUT2D eigenvalue weighted by Gasteiger charge is 2.18. The van der Waals surface area contributed by atoms with Crippen molar-refractivity contribution in [1.29, 1.82) is 0 Å². The van der Waals surface area contributed by atoms with Crippen LogP contribution in [0.2, 0.25) is 0 Å². The number of ether oxygens (including phenoxy) is 2. The van der Waals surface area contributed by atoms with Gasteiger partial charge in [0.15, 0.2) is 17.9 Å². The minimum atomic E-state index is -0.734. The van der Waals surface area contributed by atoms with Gasteiger partial charge in [0.25, 0.3) is 5.91 Å². The highest BCUT2D eigenvalue weighted by molar-refractivity contribution is 6.17. The van der Waals surface area contributed by atoms with E-state index in [-0.39, 0.29) is 35.9 Å². The Morgan fingerprint density at radius 1 is 1.05 bits per heavy atom. The minimum absolute atomic E-state index is 0.0557. The van der Waals surface area contributed by atoms with E-state index in [1.165, 1.54) is 17.1 Å². The first-order valence-corrected chi connectivity index (χ1v) is 12.0. The number of aldehydes is 1. The fraction of sp³-hybridized carbons (Fsp3) is 0.138. The van der Waals surface area contributed by atoms with E-state index in [2.05, 4.69) is 15.7 Å². The Kier molecular flexibility index (Phi) is 8.70. The number of nitrogens with one attached hydrogen (secondary N) is 2. The molecule has 0 spiro atoms. The summed E-state index contributed by atoms with van der Waals surface area (Å²) >= 11 is 0. The van der Waals surface area contributed by atoms with Crippen LogP contribution in [0.3, 0.4) is 0 Å². The third-order valence-corrected chi connectivity index (χ3v) is 5.84. The van der Waals surface area contributed by atoms with Gasteiger partial charge >= 0.3 is 0 Å². The van der Waals surface area contributed by atoms with Gasteiger partial charge in [0.1, 0.15) is 17.1 Å². The van der Waals surface area contributed by atoms with Crippen LogP contribution in [0.15, 0.2) is 90.3 Å². The smallest absolute Gasteiger partial charge is 0.260 e. The third-order valence-electron chi connectivity index (χ3n) is 5.84. The molecule has 0 bridgehead atoms. The molecule has 1 amide bonds. The van der Waals surface area contributed by atoms with Crippen molar-refractivity contribution in [2.75, 3.05) is 31.0 Å². The average molecular weight is 531 g/mol. The second kappa shape index (κ2) is 12.5. The second-order valence-electron chi connectivity index (χ2n) is 8.36. The molecular weight excluding hydrogens is 503 g/mol. The molecular formula is C29H27FN4O5. The fourth-order valence-electron chi connectivity index (χ4n) is 3.82. The third kappa shape index (κ3) is 6.49. The first kappa shape index (κ1) is 27.1. The molecule has 200 valence electrons. The number of benzene rings is 3. The zero-order chi connectivity index (χ0) is 27.8. The van der Waals surface area contributed by atoms with Crippen LogP contribution in [0, 0.1) is 5.82 Å². The Labute approximate surface area is 224 Å². The number of aliphatic hydroxyl groups is 1. The number of para-hydroxylation sites is 1. The highest BCUT2D eigenvalue weighted by atomic mass is 19.1. The molecule has 0 fully saturated rings. The quantitative estimate of drug-likeness (QED) is 0.0825. The number of anilines is 2. The first-order valence-electron chi connectivity index (χ1n) is 12.0. The molecule has 39 heavy (non-hydrogen) atoms. The van der Waals surface area contributed by atoms with Crippen LogP contribution in [0.25, 0.3) is 10.9 Å². The number of methoxy groups -OCH3 is 1. The summed E-state index contributed by atoms with van der Waals surface area (Å²) in [7, 11) is 1.55. The van der Waals surface area contributed by atoms with E-state index >= 15 is 0 Å². The number of amides is 1. The SMILES string of the molecule is COc1ccc2c(Oc3ccc(NC(=O)/C(C=O)=C(\C)N(CCO)Nc4ccccc4)cc3F)ccnc2c1. The number of pyridine rings is 1. The van der Waals surface area contributed by atoms with E-state index in [1.807, 2.05) is 18.2 Å². The molecule has 0 atom stereocenters. The molecule has 0 aliphatic heterocycles. The summed E-state index contributed by atoms with van der Waals surface area (Å²) in [5.41, 5.74) is 4.61. The van der Waals surface area contributed by atoms with Crippen LogP contribution in [0.1, 0.15) is 6.92 Å². The Balaban J connectivity index is 1.52. The Bertz CT molecular complexity index is 1510. The van der Waals surface area contributed by atoms with Crippen LogP contribution in [0.4, 0.5) is 15.8 Å². The van der Waals surface area contributed by atoms with Gasteiger partial charge in [0.2, 0.25) is 0 Å². The van der Waals surface area contributed by atoms with Crippen molar-refractivity contribution >= 4 is 34.5 Å². The summed E-state index contributed by atoms with van der Waals surface area (Å²) in [6, 6.07) is 19.9. The highest BCUT2D eigenvalue weighted by Crippen LogP contribution is 2.33. The molecule has 1 aromatic heterocycles. The van der Waals surface area contributed by atoms with Crippen molar-refractivity contribution in [3.8, 4) is 17.2 Å². The van der Waals surface area contributed by atoms with E-state index in [0.29, 0.717) is 34.4 Å². The van der Waals surface area contributed by atoms with E-state index in [4.69, 9.17) is 9.47 Å². The Morgan fingerprint density at radius 2 is 1.85 bits per heavy atom. The van der Waals surface area contributed by atoms with Gasteiger partial charge in [0, 0.05) is 35.1 Å². The van der Waals surface area contributed by atoms with Gasteiger partial charge in [0.05, 0.1) is 31.5 Å². The van der Waals surface area contributed by atoms with Gasteiger partial charge in [-0.15, -0.1) is 0 Å². The molecule has 0 aliphatic rings. The standard InChI is InChI=1S/C29H27FN4O5/c1-19(34(14-15-35)33-20-6-4-3-5-7-20)24(18-36)29(37)32-21-8-11-28(25(30)16-21)39-27-12-13-31-26-17-22(38-2)9-10-23(26)27/h3-13,16-18,33,35H,14-15H2,1-2H3,(H,32,37)/b24-19+. The molecule has 9 nitrogen and oxygen atoms in total. The Morgan fingerprint density at radius 3 is 2.54 bits per heavy atom. The van der Waals surface area contributed by atoms with Gasteiger partial charge in [-0.1, -0.05) is 18.2 Å². The number of carbonyl (C=O) groups excluding carboxylic acids is 2. The summed E-state index contributed by atoms with van der Waals surface area (Å²) < 4.78 is 26.0. The van der Waals surface area contributed by atoms with Gasteiger partial charge in [-0.3, -0.25) is 25.0 Å². The molecule has 4 aromatic rings. The number of rotatable bonds is 11. The lowest BCUT2D eigenvalue weighted by molar-refractivity contribution is -0.115. The minimum Gasteiger partial charge on any atom is -0.497 e. The second-order valence-corrected chi connectivity index (χ2v) is 8.36. The number of hydrogen-bond acceptors (Lipinski definition) is 8. The van der Waals surface area contributed by atoms with Crippen LogP contribution in [-0.2, 0) is 9.59 Å². The maximum atomic E-state index is 15.0. The van der Waals surface area contributed by atoms with Gasteiger partial charge in [-0.2, -0.15) is 0 Å². The number of aromatic nitrogens is 1. The summed E-state index contributed by atoms with van der Waals surface area (Å²) in [5, 5.41) is 14.2. The monoisotopic (exact) mass is 530 g/mol. The van der Waals surface area contributed by atoms with Crippen molar-refractivity contribution in [3.05, 3.63) is 96.1 Å². The molecule has 3 N–H and O–H groups in total. The maximum Gasteiger partial charge on any atom is 0.260 e. The number of hydrazine groups is 1. The zero-order valence-electron chi connectivity index (χ0n) is 21.3. The number of allylic oxidation sites excluding steroid dienone is 1. The number of carbonyl (C=O) groups is 2. The largest absolute Gasteiger partial charge is 0.497 e. The molecule has 10 heteroatoms. The van der Waals surface area contributed by atoms with Crippen LogP contribution >= 0.6 is 0 Å². The number of aliphatic hydroxyl groups excluding tert-OH is 1. The molecule has 0 saturated carbocycles. The van der Waals surface area contributed by atoms with Crippen molar-refractivity contribution in [1.82, 2.24) is 9.99 Å². The van der Waals surface area contributed by atoms with Crippen LogP contribution in [-0.4, -0.2) is 47.6 Å². The normalized spacial score (nSPS) is 11.4. The van der Waals surface area contributed by atoms with E-state index in [0.717, 1.165) is 6.07 Å². The van der Waals surface area contributed by atoms with E-state index < -0.39 is 11.7 Å². The Hall–Kier alpha value is -4.96. The topological polar surface area (TPSA) is 113 Å². The fourth-order valence-corrected chi connectivity index (χ4v) is 3.82. The lowest BCUT2D eigenvalue weighted by Gasteiger charge is -2.27. The molecule has 4 rings (SSSR count). The van der Waals surface area contributed by atoms with Crippen LogP contribution in [0.5, 0.6) is 17.2 Å². The van der Waals surface area contributed by atoms with Crippen molar-refractivity contribution in [2.24, 2.45) is 0 Å². The molecule has 3 aromatic carbocycles. The van der Waals surface area contributed by atoms with Crippen LogP contribution < -0.4 is 20.2 Å². The maximum absolute atomic E-state index is 15.0. The van der Waals surface area contributed by atoms with E-state index in [1.54, 1.807) is 56.6 Å². The van der Waals surface area contributed by atoms with Gasteiger partial charge in [-0.25, -0.2) is 4.39 Å². The van der Waals surface area contributed by atoms with Crippen molar-refractivity contribution < 1.29 is 28.6 Å². The summed E-state index contributed by atoms with van der Waals surface area (Å²) in [4.78, 5) is 29.1. The lowest BCUT2D eigenvalue weighted by atomic mass is 10.2. The number of hydrogen-bond donors (Lipinski definition) is 3. The molecule has 1 heterocycles. The molecule has 0 radical (unpaired) electrons. The molecule has 0 aliphatic carbocycles. The predicted molar refractivity (Wildman–Crippen MR) is 146 cm³/mol. The lowest BCUT2D eigenvalue weighted by Crippen LogP contribution is -2.33. The summed E-state index contributed by atoms with van der Waals surface area (Å²) in [6.07, 6.45) is 1.96. The average Bonchev–Trinajstić information content (AvgIpc) is 2.95. The number of fused-ring (bicyclic) bond motifs is 1. The summed E-state index contributed by atoms with van der Waals surface area (Å²) in [5.74, 6) is -0.475. The molecule has 0 unspecified atom stereocenters. The van der Waals surface area contributed by atoms with Crippen molar-refractivity contribution in [2.45, 2.75) is 6.92 Å². The van der Waals surface area contributed by atoms with Gasteiger partial charge < -0.3 is 19.9 Å². The zero-order valence-corrected chi connectivity index (χ0v) is 21.3. The van der Waals surface area contributed by atoms with Crippen molar-refractivity contribution in [3.63, 3.8) is 0 Å². The first-order chi connectivity index (χ1) is 18.9. The number of nitrogens with zero attached hydrogens (tertiary/aromatic N) is 2. The summed E-state index contributed by atoms with van der Waals surface area (Å²) in [6.45, 7) is 1.46. The van der Waals surface area contributed by atoms with E-state index in [9.17, 15) is 19.1 Å². The van der Waals surface area contributed by atoms with Gasteiger partial charge in [-0.05, 0) is 49.4 Å².